The van der Waals surface area contributed by atoms with Crippen molar-refractivity contribution in [2.45, 2.75) is 0 Å². The molecule has 3 heterocycles. The summed E-state index contributed by atoms with van der Waals surface area (Å²) in [5.41, 5.74) is 3.27. The molecular weight excluding hydrogens is 354 g/mol. The number of pyridine rings is 1. The smallest absolute Gasteiger partial charge is 0.164 e. The summed E-state index contributed by atoms with van der Waals surface area (Å²) in [6.45, 7) is 1.74. The van der Waals surface area contributed by atoms with Crippen LogP contribution >= 0.6 is 11.3 Å². The second-order valence-electron chi connectivity index (χ2n) is 6.56. The lowest BCUT2D eigenvalue weighted by Gasteiger charge is -2.13. The summed E-state index contributed by atoms with van der Waals surface area (Å²) in [6.07, 6.45) is 3.56. The molecule has 0 bridgehead atoms. The Hall–Kier alpha value is -2.83. The molecule has 136 valence electrons. The molecule has 5 nitrogen and oxygen atoms in total. The molecule has 0 radical (unpaired) electrons. The van der Waals surface area contributed by atoms with Gasteiger partial charge < -0.3 is 10.2 Å². The molecule has 0 fully saturated rings. The number of likely N-dealkylation sites (N-methyl/N-ethyl adjacent to an activating group) is 1. The topological polar surface area (TPSA) is 53.9 Å². The molecule has 4 aromatic rings. The summed E-state index contributed by atoms with van der Waals surface area (Å²) in [7, 11) is 4.14. The van der Waals surface area contributed by atoms with E-state index in [0.717, 1.165) is 34.7 Å². The maximum atomic E-state index is 4.85. The van der Waals surface area contributed by atoms with Gasteiger partial charge in [0.05, 0.1) is 5.39 Å². The zero-order valence-corrected chi connectivity index (χ0v) is 16.2. The number of fused-ring (bicyclic) bond motifs is 1. The lowest BCUT2D eigenvalue weighted by molar-refractivity contribution is 0.425. The Kier molecular flexibility index (Phi) is 5.09. The van der Waals surface area contributed by atoms with Gasteiger partial charge >= 0.3 is 0 Å². The van der Waals surface area contributed by atoms with E-state index in [4.69, 9.17) is 9.97 Å². The van der Waals surface area contributed by atoms with Gasteiger partial charge in [-0.05, 0) is 31.8 Å². The number of thiophene rings is 1. The van der Waals surface area contributed by atoms with Crippen molar-refractivity contribution in [3.8, 4) is 22.5 Å². The van der Waals surface area contributed by atoms with E-state index >= 15 is 0 Å². The third kappa shape index (κ3) is 3.82. The van der Waals surface area contributed by atoms with Gasteiger partial charge in [-0.15, -0.1) is 11.3 Å². The van der Waals surface area contributed by atoms with E-state index in [1.807, 2.05) is 18.2 Å². The monoisotopic (exact) mass is 375 g/mol. The molecule has 0 amide bonds. The molecule has 4 rings (SSSR count). The first-order valence-electron chi connectivity index (χ1n) is 8.86. The molecular formula is C21H21N5S. The van der Waals surface area contributed by atoms with Crippen LogP contribution in [-0.4, -0.2) is 47.0 Å². The Morgan fingerprint density at radius 1 is 1.00 bits per heavy atom. The van der Waals surface area contributed by atoms with Crippen LogP contribution in [0.1, 0.15) is 0 Å². The number of benzene rings is 1. The van der Waals surface area contributed by atoms with Gasteiger partial charge in [-0.2, -0.15) is 0 Å². The molecule has 0 saturated carbocycles. The van der Waals surface area contributed by atoms with Crippen molar-refractivity contribution in [1.29, 1.82) is 0 Å². The van der Waals surface area contributed by atoms with Crippen LogP contribution in [0.5, 0.6) is 0 Å². The summed E-state index contributed by atoms with van der Waals surface area (Å²) >= 11 is 1.65. The zero-order chi connectivity index (χ0) is 18.6. The van der Waals surface area contributed by atoms with Crippen LogP contribution in [-0.2, 0) is 0 Å². The molecule has 27 heavy (non-hydrogen) atoms. The Bertz CT molecular complexity index is 1030. The number of hydrogen-bond acceptors (Lipinski definition) is 6. The lowest BCUT2D eigenvalue weighted by Crippen LogP contribution is -2.21. The van der Waals surface area contributed by atoms with Gasteiger partial charge in [0.1, 0.15) is 10.6 Å². The second kappa shape index (κ2) is 7.82. The summed E-state index contributed by atoms with van der Waals surface area (Å²) in [6, 6.07) is 14.3. The van der Waals surface area contributed by atoms with E-state index in [9.17, 15) is 0 Å². The highest BCUT2D eigenvalue weighted by atomic mass is 32.1. The minimum absolute atomic E-state index is 0.699. The molecule has 1 aromatic carbocycles. The Morgan fingerprint density at radius 2 is 1.81 bits per heavy atom. The minimum atomic E-state index is 0.699. The number of nitrogens with zero attached hydrogens (tertiary/aromatic N) is 4. The summed E-state index contributed by atoms with van der Waals surface area (Å²) in [5.74, 6) is 1.57. The highest BCUT2D eigenvalue weighted by Crippen LogP contribution is 2.37. The van der Waals surface area contributed by atoms with Crippen molar-refractivity contribution in [2.75, 3.05) is 32.5 Å². The van der Waals surface area contributed by atoms with Crippen LogP contribution in [0.4, 0.5) is 5.82 Å². The van der Waals surface area contributed by atoms with Gasteiger partial charge in [-0.3, -0.25) is 4.98 Å². The van der Waals surface area contributed by atoms with Crippen LogP contribution in [0.3, 0.4) is 0 Å². The van der Waals surface area contributed by atoms with E-state index in [2.05, 4.69) is 58.9 Å². The first kappa shape index (κ1) is 17.6. The quantitative estimate of drug-likeness (QED) is 0.541. The largest absolute Gasteiger partial charge is 0.368 e. The average Bonchev–Trinajstić information content (AvgIpc) is 3.13. The first-order valence-corrected chi connectivity index (χ1v) is 9.74. The highest BCUT2D eigenvalue weighted by molar-refractivity contribution is 7.17. The number of hydrogen-bond donors (Lipinski definition) is 1. The Balaban J connectivity index is 1.83. The van der Waals surface area contributed by atoms with Crippen molar-refractivity contribution in [3.05, 3.63) is 60.2 Å². The maximum Gasteiger partial charge on any atom is 0.164 e. The van der Waals surface area contributed by atoms with Crippen LogP contribution in [0.15, 0.2) is 60.2 Å². The van der Waals surface area contributed by atoms with Crippen LogP contribution in [0.25, 0.3) is 32.7 Å². The van der Waals surface area contributed by atoms with Gasteiger partial charge in [0.15, 0.2) is 5.82 Å². The predicted octanol–water partition coefficient (Wildman–Crippen LogP) is 4.39. The minimum Gasteiger partial charge on any atom is -0.368 e. The van der Waals surface area contributed by atoms with Gasteiger partial charge in [-0.1, -0.05) is 30.3 Å². The van der Waals surface area contributed by atoms with Crippen molar-refractivity contribution < 1.29 is 0 Å². The van der Waals surface area contributed by atoms with Crippen molar-refractivity contribution >= 4 is 27.4 Å². The van der Waals surface area contributed by atoms with E-state index in [1.165, 1.54) is 11.1 Å². The summed E-state index contributed by atoms with van der Waals surface area (Å²) < 4.78 is 0. The first-order chi connectivity index (χ1) is 13.2. The number of anilines is 1. The van der Waals surface area contributed by atoms with E-state index < -0.39 is 0 Å². The van der Waals surface area contributed by atoms with E-state index in [1.54, 1.807) is 23.7 Å². The fraction of sp³-hybridized carbons (Fsp3) is 0.190. The average molecular weight is 376 g/mol. The van der Waals surface area contributed by atoms with Crippen molar-refractivity contribution in [1.82, 2.24) is 19.9 Å². The summed E-state index contributed by atoms with van der Waals surface area (Å²) in [5, 5.41) is 6.77. The molecule has 0 saturated heterocycles. The molecule has 0 atom stereocenters. The number of rotatable bonds is 6. The van der Waals surface area contributed by atoms with Crippen molar-refractivity contribution in [2.24, 2.45) is 0 Å². The number of nitrogens with one attached hydrogen (secondary N) is 1. The molecule has 3 aromatic heterocycles. The van der Waals surface area contributed by atoms with Gasteiger partial charge in [0.2, 0.25) is 0 Å². The van der Waals surface area contributed by atoms with E-state index in [0.29, 0.717) is 5.82 Å². The normalized spacial score (nSPS) is 11.2. The van der Waals surface area contributed by atoms with Crippen LogP contribution in [0, 0.1) is 0 Å². The third-order valence-corrected chi connectivity index (χ3v) is 5.16. The predicted molar refractivity (Wildman–Crippen MR) is 113 cm³/mol. The fourth-order valence-corrected chi connectivity index (χ4v) is 3.87. The molecule has 0 aliphatic carbocycles. The second-order valence-corrected chi connectivity index (χ2v) is 7.42. The molecule has 1 N–H and O–H groups in total. The Labute approximate surface area is 162 Å². The van der Waals surface area contributed by atoms with Gasteiger partial charge in [0, 0.05) is 42.0 Å². The van der Waals surface area contributed by atoms with Crippen LogP contribution < -0.4 is 5.32 Å². The zero-order valence-electron chi connectivity index (χ0n) is 15.4. The fourth-order valence-electron chi connectivity index (χ4n) is 2.92. The molecule has 6 heteroatoms. The highest BCUT2D eigenvalue weighted by Gasteiger charge is 2.16. The summed E-state index contributed by atoms with van der Waals surface area (Å²) in [4.78, 5) is 17.0. The third-order valence-electron chi connectivity index (χ3n) is 4.29. The number of aromatic nitrogens is 3. The Morgan fingerprint density at radius 3 is 2.56 bits per heavy atom. The van der Waals surface area contributed by atoms with E-state index in [-0.39, 0.29) is 0 Å². The van der Waals surface area contributed by atoms with Crippen LogP contribution in [0.2, 0.25) is 0 Å². The lowest BCUT2D eigenvalue weighted by atomic mass is 10.1. The van der Waals surface area contributed by atoms with Gasteiger partial charge in [0.25, 0.3) is 0 Å². The SMILES string of the molecule is CN(C)CCNc1nc(-c2cccnc2)nc2scc(-c3ccccc3)c12. The standard InChI is InChI=1S/C21H21N5S/c1-26(2)12-11-23-20-18-17(15-7-4-3-5-8-15)14-27-21(18)25-19(24-20)16-9-6-10-22-13-16/h3-10,13-14H,11-12H2,1-2H3,(H,23,24,25). The van der Waals surface area contributed by atoms with Crippen molar-refractivity contribution in [3.63, 3.8) is 0 Å². The molecule has 0 unspecified atom stereocenters. The van der Waals surface area contributed by atoms with Gasteiger partial charge in [-0.25, -0.2) is 9.97 Å². The molecule has 0 spiro atoms. The molecule has 0 aliphatic heterocycles. The maximum absolute atomic E-state index is 4.85. The molecule has 0 aliphatic rings.